The van der Waals surface area contributed by atoms with Crippen LogP contribution in [-0.2, 0) is 15.7 Å². The third-order valence-electron chi connectivity index (χ3n) is 2.42. The summed E-state index contributed by atoms with van der Waals surface area (Å²) in [5, 5.41) is 0. The fourth-order valence-corrected chi connectivity index (χ4v) is 2.48. The Balaban J connectivity index is 2.02. The van der Waals surface area contributed by atoms with Gasteiger partial charge < -0.3 is 4.74 Å². The number of hydrogen-bond donors (Lipinski definition) is 0. The maximum absolute atomic E-state index is 11.1. The topological polar surface area (TPSA) is 43.4 Å². The number of halogens is 2. The number of rotatable bonds is 4. The number of ether oxygens (including phenoxy) is 1. The summed E-state index contributed by atoms with van der Waals surface area (Å²) in [5.41, 5.74) is 0.868. The molecule has 0 unspecified atom stereocenters. The molecule has 2 rings (SSSR count). The van der Waals surface area contributed by atoms with Gasteiger partial charge in [0.05, 0.1) is 4.90 Å². The molecule has 0 aliphatic heterocycles. The summed E-state index contributed by atoms with van der Waals surface area (Å²) < 4.78 is 28.7. The summed E-state index contributed by atoms with van der Waals surface area (Å²) >= 11 is 3.34. The molecule has 6 heteroatoms. The van der Waals surface area contributed by atoms with E-state index in [9.17, 15) is 8.42 Å². The van der Waals surface area contributed by atoms with Gasteiger partial charge >= 0.3 is 0 Å². The van der Waals surface area contributed by atoms with Crippen LogP contribution in [0.5, 0.6) is 5.75 Å². The summed E-state index contributed by atoms with van der Waals surface area (Å²) in [6.07, 6.45) is 0. The standard InChI is InChI=1S/C13H10BrClO3S/c14-11-3-5-12(6-4-11)18-9-10-1-7-13(8-2-10)19(15,16)17/h1-8H,9H2. The molecule has 0 aliphatic carbocycles. The first-order chi connectivity index (χ1) is 8.95. The highest BCUT2D eigenvalue weighted by molar-refractivity contribution is 9.10. The Morgan fingerprint density at radius 1 is 1.00 bits per heavy atom. The quantitative estimate of drug-likeness (QED) is 0.774. The Bertz CT molecular complexity index is 651. The molecule has 0 bridgehead atoms. The van der Waals surface area contributed by atoms with Gasteiger partial charge in [0.1, 0.15) is 12.4 Å². The van der Waals surface area contributed by atoms with Crippen LogP contribution in [0.25, 0.3) is 0 Å². The zero-order valence-electron chi connectivity index (χ0n) is 9.71. The second-order valence-corrected chi connectivity index (χ2v) is 7.31. The van der Waals surface area contributed by atoms with Crippen molar-refractivity contribution in [2.75, 3.05) is 0 Å². The fourth-order valence-electron chi connectivity index (χ4n) is 1.45. The molecule has 0 amide bonds. The normalized spacial score (nSPS) is 11.3. The molecule has 2 aromatic carbocycles. The Hall–Kier alpha value is -1.04. The van der Waals surface area contributed by atoms with Crippen LogP contribution in [0, 0.1) is 0 Å². The SMILES string of the molecule is O=S(=O)(Cl)c1ccc(COc2ccc(Br)cc2)cc1. The van der Waals surface area contributed by atoms with E-state index in [0.717, 1.165) is 15.8 Å². The first-order valence-corrected chi connectivity index (χ1v) is 8.47. The van der Waals surface area contributed by atoms with Gasteiger partial charge in [-0.05, 0) is 42.0 Å². The number of hydrogen-bond acceptors (Lipinski definition) is 3. The molecular formula is C13H10BrClO3S. The van der Waals surface area contributed by atoms with Crippen molar-refractivity contribution in [3.63, 3.8) is 0 Å². The summed E-state index contributed by atoms with van der Waals surface area (Å²) in [4.78, 5) is 0.0848. The van der Waals surface area contributed by atoms with Crippen molar-refractivity contribution in [3.8, 4) is 5.75 Å². The third-order valence-corrected chi connectivity index (χ3v) is 4.32. The van der Waals surface area contributed by atoms with Crippen molar-refractivity contribution in [3.05, 3.63) is 58.6 Å². The van der Waals surface area contributed by atoms with Gasteiger partial charge in [-0.3, -0.25) is 0 Å². The van der Waals surface area contributed by atoms with Crippen LogP contribution < -0.4 is 4.74 Å². The minimum absolute atomic E-state index is 0.0848. The third kappa shape index (κ3) is 4.23. The van der Waals surface area contributed by atoms with E-state index in [4.69, 9.17) is 15.4 Å². The summed E-state index contributed by atoms with van der Waals surface area (Å²) in [6, 6.07) is 13.7. The Morgan fingerprint density at radius 2 is 1.58 bits per heavy atom. The molecule has 0 fully saturated rings. The van der Waals surface area contributed by atoms with Crippen LogP contribution in [-0.4, -0.2) is 8.42 Å². The van der Waals surface area contributed by atoms with Crippen LogP contribution in [0.2, 0.25) is 0 Å². The maximum atomic E-state index is 11.1. The minimum atomic E-state index is -3.67. The molecular weight excluding hydrogens is 352 g/mol. The molecule has 0 atom stereocenters. The number of benzene rings is 2. The second-order valence-electron chi connectivity index (χ2n) is 3.82. The first-order valence-electron chi connectivity index (χ1n) is 5.37. The molecule has 19 heavy (non-hydrogen) atoms. The minimum Gasteiger partial charge on any atom is -0.489 e. The molecule has 0 saturated carbocycles. The lowest BCUT2D eigenvalue weighted by Crippen LogP contribution is -1.96. The lowest BCUT2D eigenvalue weighted by molar-refractivity contribution is 0.306. The average molecular weight is 362 g/mol. The highest BCUT2D eigenvalue weighted by Crippen LogP contribution is 2.19. The van der Waals surface area contributed by atoms with Gasteiger partial charge in [0, 0.05) is 15.2 Å². The molecule has 100 valence electrons. The van der Waals surface area contributed by atoms with Crippen molar-refractivity contribution in [1.29, 1.82) is 0 Å². The molecule has 0 spiro atoms. The summed E-state index contributed by atoms with van der Waals surface area (Å²) in [7, 11) is 1.57. The highest BCUT2D eigenvalue weighted by atomic mass is 79.9. The Kier molecular flexibility index (Phi) is 4.50. The second kappa shape index (κ2) is 5.94. The monoisotopic (exact) mass is 360 g/mol. The Morgan fingerprint density at radius 3 is 2.11 bits per heavy atom. The predicted octanol–water partition coefficient (Wildman–Crippen LogP) is 3.96. The fraction of sp³-hybridized carbons (Fsp3) is 0.0769. The van der Waals surface area contributed by atoms with Crippen LogP contribution in [0.4, 0.5) is 0 Å². The molecule has 0 aliphatic rings. The van der Waals surface area contributed by atoms with Crippen LogP contribution in [0.3, 0.4) is 0 Å². The lowest BCUT2D eigenvalue weighted by atomic mass is 10.2. The smallest absolute Gasteiger partial charge is 0.261 e. The molecule has 0 saturated heterocycles. The molecule has 0 heterocycles. The van der Waals surface area contributed by atoms with Crippen molar-refractivity contribution in [2.24, 2.45) is 0 Å². The van der Waals surface area contributed by atoms with Gasteiger partial charge in [-0.2, -0.15) is 0 Å². The molecule has 0 N–H and O–H groups in total. The zero-order valence-corrected chi connectivity index (χ0v) is 12.9. The van der Waals surface area contributed by atoms with Crippen molar-refractivity contribution < 1.29 is 13.2 Å². The van der Waals surface area contributed by atoms with E-state index < -0.39 is 9.05 Å². The average Bonchev–Trinajstić information content (AvgIpc) is 2.37. The highest BCUT2D eigenvalue weighted by Gasteiger charge is 2.08. The van der Waals surface area contributed by atoms with E-state index in [0.29, 0.717) is 6.61 Å². The van der Waals surface area contributed by atoms with Crippen LogP contribution in [0.1, 0.15) is 5.56 Å². The van der Waals surface area contributed by atoms with Gasteiger partial charge in [0.2, 0.25) is 0 Å². The molecule has 2 aromatic rings. The maximum Gasteiger partial charge on any atom is 0.261 e. The largest absolute Gasteiger partial charge is 0.489 e. The molecule has 0 aromatic heterocycles. The van der Waals surface area contributed by atoms with Gasteiger partial charge in [-0.15, -0.1) is 0 Å². The van der Waals surface area contributed by atoms with E-state index in [1.807, 2.05) is 24.3 Å². The van der Waals surface area contributed by atoms with Gasteiger partial charge in [-0.1, -0.05) is 28.1 Å². The van der Waals surface area contributed by atoms with Crippen molar-refractivity contribution >= 4 is 35.7 Å². The summed E-state index contributed by atoms with van der Waals surface area (Å²) in [5.74, 6) is 0.747. The lowest BCUT2D eigenvalue weighted by Gasteiger charge is -2.06. The molecule has 3 nitrogen and oxygen atoms in total. The Labute approximate surface area is 124 Å². The zero-order chi connectivity index (χ0) is 13.9. The summed E-state index contributed by atoms with van der Waals surface area (Å²) in [6.45, 7) is 0.365. The van der Waals surface area contributed by atoms with Gasteiger partial charge in [-0.25, -0.2) is 8.42 Å². The van der Waals surface area contributed by atoms with E-state index in [1.54, 1.807) is 12.1 Å². The first kappa shape index (κ1) is 14.4. The van der Waals surface area contributed by atoms with Crippen LogP contribution in [0.15, 0.2) is 57.9 Å². The van der Waals surface area contributed by atoms with Crippen molar-refractivity contribution in [2.45, 2.75) is 11.5 Å². The van der Waals surface area contributed by atoms with Crippen molar-refractivity contribution in [1.82, 2.24) is 0 Å². The van der Waals surface area contributed by atoms with Gasteiger partial charge in [0.25, 0.3) is 9.05 Å². The van der Waals surface area contributed by atoms with Crippen LogP contribution >= 0.6 is 26.6 Å². The van der Waals surface area contributed by atoms with E-state index in [-0.39, 0.29) is 4.90 Å². The van der Waals surface area contributed by atoms with E-state index in [2.05, 4.69) is 15.9 Å². The predicted molar refractivity (Wildman–Crippen MR) is 78.0 cm³/mol. The van der Waals surface area contributed by atoms with E-state index in [1.165, 1.54) is 12.1 Å². The van der Waals surface area contributed by atoms with Gasteiger partial charge in [0.15, 0.2) is 0 Å². The van der Waals surface area contributed by atoms with E-state index >= 15 is 0 Å². The molecule has 0 radical (unpaired) electrons.